The minimum Gasteiger partial charge on any atom is -0.497 e. The molecule has 0 atom stereocenters. The molecule has 1 aliphatic heterocycles. The molecule has 1 saturated heterocycles. The molecule has 160 valence electrons. The Labute approximate surface area is 186 Å². The molecule has 0 saturated carbocycles. The summed E-state index contributed by atoms with van der Waals surface area (Å²) >= 11 is 0. The van der Waals surface area contributed by atoms with E-state index >= 15 is 0 Å². The zero-order valence-corrected chi connectivity index (χ0v) is 19.8. The van der Waals surface area contributed by atoms with Gasteiger partial charge < -0.3 is 25.0 Å². The van der Waals surface area contributed by atoms with Gasteiger partial charge in [0, 0.05) is 58.6 Å². The summed E-state index contributed by atoms with van der Waals surface area (Å²) in [7, 11) is 3.50. The standard InChI is InChI=1S/C20H35N5O2.HI/c1-4-27-17-11-23-20(21-2)22-10-5-12-24-13-15-25(16-14-24)18-6-8-19(26-3)9-7-18;/h6-9H,4-5,10-17H2,1-3H3,(H2,21,22,23);1H. The molecule has 0 radical (unpaired) electrons. The Morgan fingerprint density at radius 2 is 1.75 bits per heavy atom. The van der Waals surface area contributed by atoms with Gasteiger partial charge in [0.2, 0.25) is 0 Å². The topological polar surface area (TPSA) is 61.4 Å². The van der Waals surface area contributed by atoms with E-state index in [2.05, 4.69) is 37.6 Å². The number of hydrogen-bond donors (Lipinski definition) is 2. The molecule has 0 spiro atoms. The van der Waals surface area contributed by atoms with Crippen molar-refractivity contribution in [1.82, 2.24) is 15.5 Å². The maximum atomic E-state index is 5.32. The average Bonchev–Trinajstić information content (AvgIpc) is 2.73. The van der Waals surface area contributed by atoms with Gasteiger partial charge >= 0.3 is 0 Å². The maximum absolute atomic E-state index is 5.32. The molecule has 0 bridgehead atoms. The van der Waals surface area contributed by atoms with Gasteiger partial charge in [-0.05, 0) is 44.2 Å². The van der Waals surface area contributed by atoms with Crippen molar-refractivity contribution in [3.8, 4) is 5.75 Å². The lowest BCUT2D eigenvalue weighted by Gasteiger charge is -2.36. The maximum Gasteiger partial charge on any atom is 0.191 e. The Bertz CT molecular complexity index is 548. The molecule has 1 aromatic rings. The minimum absolute atomic E-state index is 0. The first-order valence-corrected chi connectivity index (χ1v) is 9.90. The Hall–Kier alpha value is -1.26. The lowest BCUT2D eigenvalue weighted by molar-refractivity contribution is 0.152. The van der Waals surface area contributed by atoms with Crippen LogP contribution < -0.4 is 20.3 Å². The molecule has 8 heteroatoms. The Balaban J connectivity index is 0.00000392. The quantitative estimate of drug-likeness (QED) is 0.220. The molecule has 2 N–H and O–H groups in total. The van der Waals surface area contributed by atoms with E-state index in [1.807, 2.05) is 19.1 Å². The molecule has 0 aromatic heterocycles. The van der Waals surface area contributed by atoms with E-state index < -0.39 is 0 Å². The fraction of sp³-hybridized carbons (Fsp3) is 0.650. The third-order valence-electron chi connectivity index (χ3n) is 4.72. The van der Waals surface area contributed by atoms with Crippen LogP contribution >= 0.6 is 24.0 Å². The highest BCUT2D eigenvalue weighted by molar-refractivity contribution is 14.0. The Kier molecular flexibility index (Phi) is 13.0. The molecule has 1 aliphatic rings. The van der Waals surface area contributed by atoms with Gasteiger partial charge in [-0.2, -0.15) is 0 Å². The summed E-state index contributed by atoms with van der Waals surface area (Å²) in [6, 6.07) is 8.34. The number of hydrogen-bond acceptors (Lipinski definition) is 5. The van der Waals surface area contributed by atoms with Gasteiger partial charge in [0.15, 0.2) is 5.96 Å². The molecule has 7 nitrogen and oxygen atoms in total. The summed E-state index contributed by atoms with van der Waals surface area (Å²) in [6.07, 6.45) is 1.11. The molecule has 1 fully saturated rings. The molecule has 0 unspecified atom stereocenters. The van der Waals surface area contributed by atoms with Crippen LogP contribution in [0.4, 0.5) is 5.69 Å². The highest BCUT2D eigenvalue weighted by Crippen LogP contribution is 2.20. The highest BCUT2D eigenvalue weighted by Gasteiger charge is 2.16. The number of rotatable bonds is 10. The van der Waals surface area contributed by atoms with Crippen molar-refractivity contribution in [2.45, 2.75) is 13.3 Å². The number of halogens is 1. The molecule has 1 aromatic carbocycles. The van der Waals surface area contributed by atoms with Crippen LogP contribution in [0.2, 0.25) is 0 Å². The number of methoxy groups -OCH3 is 1. The SMILES string of the molecule is CCOCCNC(=NC)NCCCN1CCN(c2ccc(OC)cc2)CC1.I. The monoisotopic (exact) mass is 505 g/mol. The van der Waals surface area contributed by atoms with Crippen molar-refractivity contribution in [1.29, 1.82) is 0 Å². The van der Waals surface area contributed by atoms with Crippen molar-refractivity contribution in [3.05, 3.63) is 24.3 Å². The molecule has 2 rings (SSSR count). The van der Waals surface area contributed by atoms with E-state index in [0.717, 1.165) is 70.6 Å². The molecular weight excluding hydrogens is 469 g/mol. The third-order valence-corrected chi connectivity index (χ3v) is 4.72. The number of benzene rings is 1. The van der Waals surface area contributed by atoms with Crippen LogP contribution in [0.1, 0.15) is 13.3 Å². The summed E-state index contributed by atoms with van der Waals surface area (Å²) in [5.41, 5.74) is 1.28. The Morgan fingerprint density at radius 3 is 2.36 bits per heavy atom. The molecule has 1 heterocycles. The number of nitrogens with one attached hydrogen (secondary N) is 2. The zero-order chi connectivity index (χ0) is 19.3. The fourth-order valence-electron chi connectivity index (χ4n) is 3.14. The first-order chi connectivity index (χ1) is 13.3. The van der Waals surface area contributed by atoms with E-state index in [1.54, 1.807) is 14.2 Å². The molecule has 0 amide bonds. The predicted molar refractivity (Wildman–Crippen MR) is 128 cm³/mol. The summed E-state index contributed by atoms with van der Waals surface area (Å²) in [5.74, 6) is 1.76. The number of anilines is 1. The minimum atomic E-state index is 0. The number of nitrogens with zero attached hydrogens (tertiary/aromatic N) is 3. The van der Waals surface area contributed by atoms with Crippen LogP contribution in [-0.2, 0) is 4.74 Å². The molecule has 0 aliphatic carbocycles. The van der Waals surface area contributed by atoms with Gasteiger partial charge in [-0.3, -0.25) is 9.89 Å². The van der Waals surface area contributed by atoms with Crippen LogP contribution in [0.15, 0.2) is 29.3 Å². The second-order valence-electron chi connectivity index (χ2n) is 6.50. The van der Waals surface area contributed by atoms with E-state index in [0.29, 0.717) is 6.61 Å². The highest BCUT2D eigenvalue weighted by atomic mass is 127. The van der Waals surface area contributed by atoms with Gasteiger partial charge in [-0.25, -0.2) is 0 Å². The molecule has 28 heavy (non-hydrogen) atoms. The number of aliphatic imine (C=N–C) groups is 1. The molecular formula is C20H36IN5O2. The van der Waals surface area contributed by atoms with Gasteiger partial charge in [0.25, 0.3) is 0 Å². The van der Waals surface area contributed by atoms with E-state index in [1.165, 1.54) is 5.69 Å². The summed E-state index contributed by atoms with van der Waals surface area (Å²) in [4.78, 5) is 9.21. The average molecular weight is 505 g/mol. The van der Waals surface area contributed by atoms with Crippen LogP contribution in [-0.4, -0.2) is 84.0 Å². The first-order valence-electron chi connectivity index (χ1n) is 9.90. The second kappa shape index (κ2) is 14.7. The van der Waals surface area contributed by atoms with Crippen LogP contribution in [0.3, 0.4) is 0 Å². The van der Waals surface area contributed by atoms with E-state index in [9.17, 15) is 0 Å². The predicted octanol–water partition coefficient (Wildman–Crippen LogP) is 2.03. The Morgan fingerprint density at radius 1 is 1.07 bits per heavy atom. The summed E-state index contributed by atoms with van der Waals surface area (Å²) in [6.45, 7) is 10.6. The summed E-state index contributed by atoms with van der Waals surface area (Å²) in [5, 5.41) is 6.63. The normalized spacial score (nSPS) is 15.1. The van der Waals surface area contributed by atoms with Crippen LogP contribution in [0.25, 0.3) is 0 Å². The first kappa shape index (κ1) is 24.8. The van der Waals surface area contributed by atoms with Crippen LogP contribution in [0.5, 0.6) is 5.75 Å². The van der Waals surface area contributed by atoms with Crippen molar-refractivity contribution < 1.29 is 9.47 Å². The van der Waals surface area contributed by atoms with Gasteiger partial charge in [0.1, 0.15) is 5.75 Å². The summed E-state index contributed by atoms with van der Waals surface area (Å²) < 4.78 is 10.6. The van der Waals surface area contributed by atoms with Gasteiger partial charge in [-0.15, -0.1) is 24.0 Å². The smallest absolute Gasteiger partial charge is 0.191 e. The fourth-order valence-corrected chi connectivity index (χ4v) is 3.14. The lowest BCUT2D eigenvalue weighted by atomic mass is 10.2. The zero-order valence-electron chi connectivity index (χ0n) is 17.4. The van der Waals surface area contributed by atoms with Gasteiger partial charge in [-0.1, -0.05) is 0 Å². The van der Waals surface area contributed by atoms with Gasteiger partial charge in [0.05, 0.1) is 13.7 Å². The number of guanidine groups is 1. The third kappa shape index (κ3) is 8.83. The van der Waals surface area contributed by atoms with Crippen LogP contribution in [0, 0.1) is 0 Å². The number of ether oxygens (including phenoxy) is 2. The van der Waals surface area contributed by atoms with Crippen molar-refractivity contribution in [3.63, 3.8) is 0 Å². The lowest BCUT2D eigenvalue weighted by Crippen LogP contribution is -2.47. The van der Waals surface area contributed by atoms with Crippen molar-refractivity contribution in [2.24, 2.45) is 4.99 Å². The van der Waals surface area contributed by atoms with E-state index in [-0.39, 0.29) is 24.0 Å². The van der Waals surface area contributed by atoms with Crippen molar-refractivity contribution >= 4 is 35.6 Å². The number of piperazine rings is 1. The van der Waals surface area contributed by atoms with Crippen molar-refractivity contribution in [2.75, 3.05) is 78.1 Å². The second-order valence-corrected chi connectivity index (χ2v) is 6.50. The largest absolute Gasteiger partial charge is 0.497 e. The van der Waals surface area contributed by atoms with E-state index in [4.69, 9.17) is 9.47 Å².